The minimum atomic E-state index is -0.262. The molecule has 4 nitrogen and oxygen atoms in total. The van der Waals surface area contributed by atoms with Gasteiger partial charge < -0.3 is 15.3 Å². The number of nitrogens with zero attached hydrogens (tertiary/aromatic N) is 1. The molecule has 22 heavy (non-hydrogen) atoms. The van der Waals surface area contributed by atoms with Crippen molar-refractivity contribution in [2.75, 3.05) is 13.2 Å². The highest BCUT2D eigenvalue weighted by Crippen LogP contribution is 2.38. The minimum absolute atomic E-state index is 0.0193. The second-order valence-electron chi connectivity index (χ2n) is 6.32. The Balaban J connectivity index is 1.71. The van der Waals surface area contributed by atoms with Gasteiger partial charge in [0.15, 0.2) is 0 Å². The van der Waals surface area contributed by atoms with Crippen LogP contribution < -0.4 is 5.32 Å². The van der Waals surface area contributed by atoms with Crippen LogP contribution in [-0.2, 0) is 0 Å². The van der Waals surface area contributed by atoms with Crippen LogP contribution in [0.25, 0.3) is 0 Å². The summed E-state index contributed by atoms with van der Waals surface area (Å²) in [5.41, 5.74) is 0.958. The average Bonchev–Trinajstić information content (AvgIpc) is 3.27. The van der Waals surface area contributed by atoms with E-state index in [0.29, 0.717) is 12.5 Å². The van der Waals surface area contributed by atoms with Crippen molar-refractivity contribution >= 4 is 6.03 Å². The Hall–Kier alpha value is -1.62. The number of hydrogen-bond donors (Lipinski definition) is 2. The van der Waals surface area contributed by atoms with Gasteiger partial charge in [0.25, 0.3) is 0 Å². The summed E-state index contributed by atoms with van der Waals surface area (Å²) < 4.78 is 13.1. The number of carbonyl (C=O) groups excluding carboxylic acids is 1. The van der Waals surface area contributed by atoms with Crippen LogP contribution in [0.3, 0.4) is 0 Å². The molecule has 5 heteroatoms. The van der Waals surface area contributed by atoms with Crippen molar-refractivity contribution < 1.29 is 14.3 Å². The second kappa shape index (κ2) is 6.65. The molecule has 0 aromatic heterocycles. The fourth-order valence-corrected chi connectivity index (χ4v) is 3.08. The molecule has 0 saturated heterocycles. The summed E-state index contributed by atoms with van der Waals surface area (Å²) in [5, 5.41) is 12.3. The number of benzene rings is 1. The molecule has 1 aromatic carbocycles. The molecule has 120 valence electrons. The lowest BCUT2D eigenvalue weighted by Gasteiger charge is -2.36. The SMILES string of the molecule is O=C(NC(c1ccc(F)cc1)C1CCC1)N(CCO)C1CC1. The Morgan fingerprint density at radius 3 is 2.45 bits per heavy atom. The maximum absolute atomic E-state index is 13.1. The van der Waals surface area contributed by atoms with Gasteiger partial charge in [-0.1, -0.05) is 18.6 Å². The average molecular weight is 306 g/mol. The maximum Gasteiger partial charge on any atom is 0.318 e. The third-order valence-electron chi connectivity index (χ3n) is 4.72. The predicted molar refractivity (Wildman–Crippen MR) is 81.8 cm³/mol. The zero-order chi connectivity index (χ0) is 15.5. The molecule has 2 fully saturated rings. The Kier molecular flexibility index (Phi) is 4.62. The van der Waals surface area contributed by atoms with Gasteiger partial charge in [-0.25, -0.2) is 9.18 Å². The number of aliphatic hydroxyl groups is 1. The summed E-state index contributed by atoms with van der Waals surface area (Å²) in [4.78, 5) is 14.3. The molecule has 2 aliphatic carbocycles. The molecule has 2 aliphatic rings. The van der Waals surface area contributed by atoms with E-state index in [1.54, 1.807) is 17.0 Å². The third kappa shape index (κ3) is 3.40. The molecule has 1 aromatic rings. The number of rotatable bonds is 6. The zero-order valence-corrected chi connectivity index (χ0v) is 12.7. The quantitative estimate of drug-likeness (QED) is 0.849. The van der Waals surface area contributed by atoms with Crippen molar-refractivity contribution in [3.8, 4) is 0 Å². The molecule has 2 N–H and O–H groups in total. The monoisotopic (exact) mass is 306 g/mol. The fraction of sp³-hybridized carbons (Fsp3) is 0.588. The number of aliphatic hydroxyl groups excluding tert-OH is 1. The maximum atomic E-state index is 13.1. The number of hydrogen-bond acceptors (Lipinski definition) is 2. The van der Waals surface area contributed by atoms with E-state index < -0.39 is 0 Å². The van der Waals surface area contributed by atoms with Crippen LogP contribution in [0.1, 0.15) is 43.7 Å². The van der Waals surface area contributed by atoms with E-state index >= 15 is 0 Å². The van der Waals surface area contributed by atoms with Gasteiger partial charge in [-0.05, 0) is 49.3 Å². The van der Waals surface area contributed by atoms with Gasteiger partial charge in [0, 0.05) is 12.6 Å². The molecule has 0 aliphatic heterocycles. The molecule has 0 bridgehead atoms. The molecular formula is C17H23FN2O2. The molecule has 2 saturated carbocycles. The largest absolute Gasteiger partial charge is 0.395 e. The van der Waals surface area contributed by atoms with E-state index in [4.69, 9.17) is 5.11 Å². The van der Waals surface area contributed by atoms with Gasteiger partial charge in [-0.3, -0.25) is 0 Å². The number of halogens is 1. The highest BCUT2D eigenvalue weighted by molar-refractivity contribution is 5.75. The van der Waals surface area contributed by atoms with Gasteiger partial charge in [0.2, 0.25) is 0 Å². The highest BCUT2D eigenvalue weighted by atomic mass is 19.1. The number of nitrogens with one attached hydrogen (secondary N) is 1. The molecule has 1 unspecified atom stereocenters. The molecule has 0 spiro atoms. The van der Waals surface area contributed by atoms with Crippen LogP contribution in [0.5, 0.6) is 0 Å². The first-order valence-corrected chi connectivity index (χ1v) is 8.12. The van der Waals surface area contributed by atoms with Gasteiger partial charge in [-0.2, -0.15) is 0 Å². The topological polar surface area (TPSA) is 52.6 Å². The molecule has 3 rings (SSSR count). The van der Waals surface area contributed by atoms with Crippen molar-refractivity contribution in [1.82, 2.24) is 10.2 Å². The van der Waals surface area contributed by atoms with Crippen molar-refractivity contribution in [2.24, 2.45) is 5.92 Å². The summed E-state index contributed by atoms with van der Waals surface area (Å²) >= 11 is 0. The van der Waals surface area contributed by atoms with Gasteiger partial charge >= 0.3 is 6.03 Å². The fourth-order valence-electron chi connectivity index (χ4n) is 3.08. The van der Waals surface area contributed by atoms with E-state index in [1.165, 1.54) is 18.6 Å². The highest BCUT2D eigenvalue weighted by Gasteiger charge is 2.35. The first-order chi connectivity index (χ1) is 10.7. The van der Waals surface area contributed by atoms with Gasteiger partial charge in [0.05, 0.1) is 12.6 Å². The number of amides is 2. The summed E-state index contributed by atoms with van der Waals surface area (Å²) in [6.07, 6.45) is 5.38. The Morgan fingerprint density at radius 2 is 1.95 bits per heavy atom. The van der Waals surface area contributed by atoms with Crippen LogP contribution >= 0.6 is 0 Å². The zero-order valence-electron chi connectivity index (χ0n) is 12.7. The van der Waals surface area contributed by atoms with E-state index in [0.717, 1.165) is 31.2 Å². The molecule has 2 amide bonds. The first-order valence-electron chi connectivity index (χ1n) is 8.12. The second-order valence-corrected chi connectivity index (χ2v) is 6.32. The van der Waals surface area contributed by atoms with Gasteiger partial charge in [0.1, 0.15) is 5.82 Å². The number of urea groups is 1. The smallest absolute Gasteiger partial charge is 0.318 e. The lowest BCUT2D eigenvalue weighted by Crippen LogP contribution is -2.46. The molecule has 1 atom stereocenters. The van der Waals surface area contributed by atoms with Crippen molar-refractivity contribution in [1.29, 1.82) is 0 Å². The van der Waals surface area contributed by atoms with E-state index in [9.17, 15) is 9.18 Å². The summed E-state index contributed by atoms with van der Waals surface area (Å²) in [6.45, 7) is 0.353. The first kappa shape index (κ1) is 15.3. The molecule has 0 radical (unpaired) electrons. The van der Waals surface area contributed by atoms with Crippen LogP contribution in [-0.4, -0.2) is 35.2 Å². The van der Waals surface area contributed by atoms with Crippen LogP contribution in [0.4, 0.5) is 9.18 Å². The van der Waals surface area contributed by atoms with E-state index in [1.807, 2.05) is 0 Å². The summed E-state index contributed by atoms with van der Waals surface area (Å²) in [5.74, 6) is 0.159. The lowest BCUT2D eigenvalue weighted by molar-refractivity contribution is 0.158. The normalized spacial score (nSPS) is 19.4. The van der Waals surface area contributed by atoms with Crippen molar-refractivity contribution in [3.05, 3.63) is 35.6 Å². The molecule has 0 heterocycles. The van der Waals surface area contributed by atoms with Crippen molar-refractivity contribution in [3.63, 3.8) is 0 Å². The number of carbonyl (C=O) groups is 1. The van der Waals surface area contributed by atoms with Gasteiger partial charge in [-0.15, -0.1) is 0 Å². The summed E-state index contributed by atoms with van der Waals surface area (Å²) in [7, 11) is 0. The van der Waals surface area contributed by atoms with Crippen LogP contribution in [0.15, 0.2) is 24.3 Å². The minimum Gasteiger partial charge on any atom is -0.395 e. The van der Waals surface area contributed by atoms with E-state index in [-0.39, 0.29) is 30.5 Å². The predicted octanol–water partition coefficient (Wildman–Crippen LogP) is 2.83. The molecular weight excluding hydrogens is 283 g/mol. The van der Waals surface area contributed by atoms with E-state index in [2.05, 4.69) is 5.32 Å². The van der Waals surface area contributed by atoms with Crippen LogP contribution in [0.2, 0.25) is 0 Å². The summed E-state index contributed by atoms with van der Waals surface area (Å²) in [6, 6.07) is 6.49. The van der Waals surface area contributed by atoms with Crippen LogP contribution in [0, 0.1) is 11.7 Å². The van der Waals surface area contributed by atoms with Crippen molar-refractivity contribution in [2.45, 2.75) is 44.2 Å². The third-order valence-corrected chi connectivity index (χ3v) is 4.72. The standard InChI is InChI=1S/C17H23FN2O2/c18-14-6-4-13(5-7-14)16(12-2-1-3-12)19-17(22)20(10-11-21)15-8-9-15/h4-7,12,15-16,21H,1-3,8-11H2,(H,19,22). The Bertz CT molecular complexity index is 512. The lowest BCUT2D eigenvalue weighted by atomic mass is 9.77. The Labute approximate surface area is 130 Å². The Morgan fingerprint density at radius 1 is 1.27 bits per heavy atom.